The van der Waals surface area contributed by atoms with E-state index in [0.29, 0.717) is 12.5 Å². The van der Waals surface area contributed by atoms with Crippen molar-refractivity contribution in [3.8, 4) is 11.5 Å². The second-order valence-electron chi connectivity index (χ2n) is 7.74. The van der Waals surface area contributed by atoms with Gasteiger partial charge < -0.3 is 14.6 Å². The molecule has 3 rings (SSSR count). The molecule has 1 aliphatic heterocycles. The molecule has 1 heterocycles. The molecule has 0 saturated carbocycles. The van der Waals surface area contributed by atoms with Crippen LogP contribution in [0.4, 0.5) is 0 Å². The minimum Gasteiger partial charge on any atom is -0.491 e. The zero-order valence-electron chi connectivity index (χ0n) is 16.6. The number of rotatable bonds is 10. The van der Waals surface area contributed by atoms with E-state index >= 15 is 0 Å². The Labute approximate surface area is 166 Å². The Bertz CT molecular complexity index is 749. The normalized spacial score (nSPS) is 14.7. The molecule has 5 heteroatoms. The number of nitrogens with zero attached hydrogens (tertiary/aromatic N) is 1. The Morgan fingerprint density at radius 3 is 2.25 bits per heavy atom. The van der Waals surface area contributed by atoms with E-state index in [0.717, 1.165) is 43.1 Å². The summed E-state index contributed by atoms with van der Waals surface area (Å²) in [5.74, 6) is 1.55. The van der Waals surface area contributed by atoms with Crippen molar-refractivity contribution >= 4 is 5.97 Å². The fourth-order valence-corrected chi connectivity index (χ4v) is 3.37. The van der Waals surface area contributed by atoms with E-state index in [4.69, 9.17) is 14.6 Å². The highest BCUT2D eigenvalue weighted by Gasteiger charge is 2.26. The van der Waals surface area contributed by atoms with Gasteiger partial charge in [-0.2, -0.15) is 0 Å². The van der Waals surface area contributed by atoms with Crippen LogP contribution < -0.4 is 9.47 Å². The first kappa shape index (κ1) is 20.2. The molecule has 0 aliphatic carbocycles. The van der Waals surface area contributed by atoms with Crippen molar-refractivity contribution in [2.75, 3.05) is 13.1 Å². The SMILES string of the molecule is CC(C)Oc1ccc(COc2ccc(CN3CC(CCC(=O)O)C3)cc2)cc1. The van der Waals surface area contributed by atoms with E-state index in [1.54, 1.807) is 0 Å². The summed E-state index contributed by atoms with van der Waals surface area (Å²) >= 11 is 0. The number of likely N-dealkylation sites (tertiary alicyclic amines) is 1. The third-order valence-corrected chi connectivity index (χ3v) is 4.83. The lowest BCUT2D eigenvalue weighted by molar-refractivity contribution is -0.137. The van der Waals surface area contributed by atoms with Crippen molar-refractivity contribution in [1.29, 1.82) is 0 Å². The van der Waals surface area contributed by atoms with Gasteiger partial charge in [-0.25, -0.2) is 0 Å². The topological polar surface area (TPSA) is 59.0 Å². The highest BCUT2D eigenvalue weighted by atomic mass is 16.5. The van der Waals surface area contributed by atoms with E-state index in [9.17, 15) is 4.79 Å². The molecule has 0 unspecified atom stereocenters. The smallest absolute Gasteiger partial charge is 0.303 e. The molecule has 5 nitrogen and oxygen atoms in total. The van der Waals surface area contributed by atoms with Crippen LogP contribution in [0.15, 0.2) is 48.5 Å². The predicted molar refractivity (Wildman–Crippen MR) is 109 cm³/mol. The summed E-state index contributed by atoms with van der Waals surface area (Å²) < 4.78 is 11.5. The number of hydrogen-bond acceptors (Lipinski definition) is 4. The molecular formula is C23H29NO4. The van der Waals surface area contributed by atoms with Gasteiger partial charge in [0, 0.05) is 26.1 Å². The van der Waals surface area contributed by atoms with Gasteiger partial charge in [-0.05, 0) is 61.6 Å². The van der Waals surface area contributed by atoms with Crippen molar-refractivity contribution in [3.05, 3.63) is 59.7 Å². The molecule has 0 spiro atoms. The number of hydrogen-bond donors (Lipinski definition) is 1. The zero-order valence-corrected chi connectivity index (χ0v) is 16.6. The molecule has 0 bridgehead atoms. The Hall–Kier alpha value is -2.53. The number of carboxylic acids is 1. The first-order chi connectivity index (χ1) is 13.5. The molecule has 0 aromatic heterocycles. The zero-order chi connectivity index (χ0) is 19.9. The van der Waals surface area contributed by atoms with E-state index in [1.165, 1.54) is 5.56 Å². The molecule has 28 heavy (non-hydrogen) atoms. The highest BCUT2D eigenvalue weighted by molar-refractivity contribution is 5.66. The summed E-state index contributed by atoms with van der Waals surface area (Å²) in [5, 5.41) is 8.74. The minimum absolute atomic E-state index is 0.174. The third-order valence-electron chi connectivity index (χ3n) is 4.83. The van der Waals surface area contributed by atoms with Gasteiger partial charge in [-0.15, -0.1) is 0 Å². The van der Waals surface area contributed by atoms with Crippen LogP contribution in [0, 0.1) is 5.92 Å². The van der Waals surface area contributed by atoms with Crippen molar-refractivity contribution in [3.63, 3.8) is 0 Å². The number of ether oxygens (including phenoxy) is 2. The van der Waals surface area contributed by atoms with Crippen LogP contribution in [-0.2, 0) is 17.9 Å². The van der Waals surface area contributed by atoms with Crippen LogP contribution in [0.1, 0.15) is 37.8 Å². The van der Waals surface area contributed by atoms with Gasteiger partial charge in [0.25, 0.3) is 0 Å². The number of carboxylic acid groups (broad SMARTS) is 1. The standard InChI is InChI=1S/C23H29NO4/c1-17(2)28-22-10-5-19(6-11-22)16-27-21-8-3-18(4-9-21)13-24-14-20(15-24)7-12-23(25)26/h3-6,8-11,17,20H,7,12-16H2,1-2H3,(H,25,26). The monoisotopic (exact) mass is 383 g/mol. The molecular weight excluding hydrogens is 354 g/mol. The van der Waals surface area contributed by atoms with Gasteiger partial charge in [-0.1, -0.05) is 24.3 Å². The van der Waals surface area contributed by atoms with Crippen LogP contribution in [0.25, 0.3) is 0 Å². The van der Waals surface area contributed by atoms with Gasteiger partial charge in [-0.3, -0.25) is 9.69 Å². The fourth-order valence-electron chi connectivity index (χ4n) is 3.37. The second-order valence-corrected chi connectivity index (χ2v) is 7.74. The van der Waals surface area contributed by atoms with Crippen LogP contribution in [0.3, 0.4) is 0 Å². The quantitative estimate of drug-likeness (QED) is 0.661. The Kier molecular flexibility index (Phi) is 6.93. The van der Waals surface area contributed by atoms with E-state index in [2.05, 4.69) is 17.0 Å². The molecule has 150 valence electrons. The van der Waals surface area contributed by atoms with Gasteiger partial charge in [0.05, 0.1) is 6.10 Å². The summed E-state index contributed by atoms with van der Waals surface area (Å²) in [4.78, 5) is 13.0. The van der Waals surface area contributed by atoms with Crippen LogP contribution in [0.5, 0.6) is 11.5 Å². The van der Waals surface area contributed by atoms with E-state index < -0.39 is 5.97 Å². The van der Waals surface area contributed by atoms with E-state index in [1.807, 2.05) is 50.2 Å². The van der Waals surface area contributed by atoms with Gasteiger partial charge in [0.15, 0.2) is 0 Å². The van der Waals surface area contributed by atoms with Crippen LogP contribution >= 0.6 is 0 Å². The Balaban J connectivity index is 1.39. The maximum atomic E-state index is 10.6. The summed E-state index contributed by atoms with van der Waals surface area (Å²) in [6.07, 6.45) is 1.23. The summed E-state index contributed by atoms with van der Waals surface area (Å²) in [7, 11) is 0. The molecule has 1 aliphatic rings. The lowest BCUT2D eigenvalue weighted by atomic mass is 9.94. The molecule has 1 saturated heterocycles. The molecule has 0 atom stereocenters. The number of aliphatic carboxylic acids is 1. The minimum atomic E-state index is -0.700. The average Bonchev–Trinajstić information content (AvgIpc) is 2.63. The maximum Gasteiger partial charge on any atom is 0.303 e. The summed E-state index contributed by atoms with van der Waals surface area (Å²) in [6.45, 7) is 7.44. The average molecular weight is 383 g/mol. The molecule has 1 N–H and O–H groups in total. The van der Waals surface area contributed by atoms with E-state index in [-0.39, 0.29) is 12.5 Å². The summed E-state index contributed by atoms with van der Waals surface area (Å²) in [5.41, 5.74) is 2.35. The van der Waals surface area contributed by atoms with Crippen molar-refractivity contribution < 1.29 is 19.4 Å². The van der Waals surface area contributed by atoms with Gasteiger partial charge in [0.2, 0.25) is 0 Å². The van der Waals surface area contributed by atoms with Crippen LogP contribution in [0.2, 0.25) is 0 Å². The second kappa shape index (κ2) is 9.60. The van der Waals surface area contributed by atoms with Gasteiger partial charge in [0.1, 0.15) is 18.1 Å². The third kappa shape index (κ3) is 6.27. The lowest BCUT2D eigenvalue weighted by Crippen LogP contribution is -2.45. The van der Waals surface area contributed by atoms with Crippen LogP contribution in [-0.4, -0.2) is 35.2 Å². The number of carbonyl (C=O) groups is 1. The molecule has 2 aromatic carbocycles. The van der Waals surface area contributed by atoms with Crippen molar-refractivity contribution in [1.82, 2.24) is 4.90 Å². The van der Waals surface area contributed by atoms with Gasteiger partial charge >= 0.3 is 5.97 Å². The lowest BCUT2D eigenvalue weighted by Gasteiger charge is -2.39. The molecule has 2 aromatic rings. The van der Waals surface area contributed by atoms with Crippen molar-refractivity contribution in [2.24, 2.45) is 5.92 Å². The van der Waals surface area contributed by atoms with Crippen molar-refractivity contribution in [2.45, 2.75) is 45.9 Å². The largest absolute Gasteiger partial charge is 0.491 e. The molecule has 0 radical (unpaired) electrons. The Morgan fingerprint density at radius 1 is 1.04 bits per heavy atom. The molecule has 0 amide bonds. The maximum absolute atomic E-state index is 10.6. The molecule has 1 fully saturated rings. The first-order valence-electron chi connectivity index (χ1n) is 9.89. The first-order valence-corrected chi connectivity index (χ1v) is 9.89. The fraction of sp³-hybridized carbons (Fsp3) is 0.435. The highest BCUT2D eigenvalue weighted by Crippen LogP contribution is 2.24. The predicted octanol–water partition coefficient (Wildman–Crippen LogP) is 4.35. The summed E-state index contributed by atoms with van der Waals surface area (Å²) in [6, 6.07) is 16.2. The Morgan fingerprint density at radius 2 is 1.64 bits per heavy atom. The number of benzene rings is 2.